The van der Waals surface area contributed by atoms with Gasteiger partial charge in [-0.2, -0.15) is 0 Å². The second-order valence-corrected chi connectivity index (χ2v) is 8.45. The van der Waals surface area contributed by atoms with Crippen molar-refractivity contribution in [3.05, 3.63) is 85.0 Å². The zero-order valence-corrected chi connectivity index (χ0v) is 17.8. The average molecular weight is 452 g/mol. The molecule has 1 aliphatic heterocycles. The van der Waals surface area contributed by atoms with E-state index in [9.17, 15) is 9.59 Å². The Balaban J connectivity index is 1.42. The molecule has 2 aromatic heterocycles. The van der Waals surface area contributed by atoms with E-state index in [-0.39, 0.29) is 23.0 Å². The van der Waals surface area contributed by atoms with E-state index in [1.807, 2.05) is 35.7 Å². The van der Waals surface area contributed by atoms with Gasteiger partial charge in [0.15, 0.2) is 16.3 Å². The molecule has 0 fully saturated rings. The van der Waals surface area contributed by atoms with Crippen LogP contribution in [0.25, 0.3) is 10.9 Å². The summed E-state index contributed by atoms with van der Waals surface area (Å²) in [4.78, 5) is 29.7. The minimum atomic E-state index is -0.220. The summed E-state index contributed by atoms with van der Waals surface area (Å²) in [5.41, 5.74) is 1.64. The van der Waals surface area contributed by atoms with Gasteiger partial charge < -0.3 is 19.8 Å². The van der Waals surface area contributed by atoms with E-state index in [1.54, 1.807) is 29.5 Å². The third-order valence-electron chi connectivity index (χ3n) is 5.03. The maximum absolute atomic E-state index is 13.1. The van der Waals surface area contributed by atoms with Gasteiger partial charge in [0.25, 0.3) is 11.5 Å². The van der Waals surface area contributed by atoms with Crippen LogP contribution in [0.2, 0.25) is 0 Å². The van der Waals surface area contributed by atoms with Crippen LogP contribution in [0.15, 0.2) is 58.7 Å². The molecule has 5 rings (SSSR count). The Morgan fingerprint density at radius 3 is 2.87 bits per heavy atom. The summed E-state index contributed by atoms with van der Waals surface area (Å²) in [5, 5.41) is 5.31. The number of carbonyl (C=O) groups excluding carboxylic acids is 1. The highest BCUT2D eigenvalue weighted by Crippen LogP contribution is 2.32. The van der Waals surface area contributed by atoms with Gasteiger partial charge in [-0.05, 0) is 59.6 Å². The van der Waals surface area contributed by atoms with Crippen molar-refractivity contribution in [2.24, 2.45) is 0 Å². The Bertz CT molecular complexity index is 1410. The minimum absolute atomic E-state index is 0.192. The molecule has 1 aliphatic rings. The van der Waals surface area contributed by atoms with Crippen molar-refractivity contribution in [1.82, 2.24) is 14.9 Å². The van der Waals surface area contributed by atoms with E-state index < -0.39 is 0 Å². The predicted octanol–water partition coefficient (Wildman–Crippen LogP) is 3.83. The molecule has 0 unspecified atom stereocenters. The molecule has 0 aliphatic carbocycles. The van der Waals surface area contributed by atoms with Gasteiger partial charge in [0, 0.05) is 10.4 Å². The zero-order valence-electron chi connectivity index (χ0n) is 16.2. The van der Waals surface area contributed by atoms with E-state index in [1.165, 1.54) is 4.57 Å². The number of thiophene rings is 1. The smallest absolute Gasteiger partial charge is 0.262 e. The second-order valence-electron chi connectivity index (χ2n) is 7.03. The van der Waals surface area contributed by atoms with Crippen molar-refractivity contribution < 1.29 is 14.3 Å². The lowest BCUT2D eigenvalue weighted by molar-refractivity contribution is 0.0951. The monoisotopic (exact) mass is 451 g/mol. The molecule has 9 heteroatoms. The van der Waals surface area contributed by atoms with Crippen molar-refractivity contribution in [2.45, 2.75) is 13.1 Å². The average Bonchev–Trinajstić information content (AvgIpc) is 3.46. The van der Waals surface area contributed by atoms with Crippen LogP contribution in [0.5, 0.6) is 11.5 Å². The van der Waals surface area contributed by atoms with Crippen LogP contribution >= 0.6 is 23.6 Å². The van der Waals surface area contributed by atoms with Gasteiger partial charge in [-0.15, -0.1) is 11.3 Å². The zero-order chi connectivity index (χ0) is 21.4. The SMILES string of the molecule is O=C(NCc1cccs1)c1ccc2c(=O)n(Cc3ccc4c(c3)OCO4)c(=S)[nH]c2c1. The van der Waals surface area contributed by atoms with E-state index in [2.05, 4.69) is 10.3 Å². The molecular weight excluding hydrogens is 434 g/mol. The number of H-pyrrole nitrogens is 1. The molecule has 0 spiro atoms. The van der Waals surface area contributed by atoms with E-state index in [0.717, 1.165) is 10.4 Å². The first-order valence-corrected chi connectivity index (χ1v) is 10.8. The van der Waals surface area contributed by atoms with Crippen LogP contribution in [-0.2, 0) is 13.1 Å². The maximum Gasteiger partial charge on any atom is 0.262 e. The number of hydrogen-bond donors (Lipinski definition) is 2. The van der Waals surface area contributed by atoms with Gasteiger partial charge in [0.1, 0.15) is 0 Å². The summed E-state index contributed by atoms with van der Waals surface area (Å²) in [6.45, 7) is 0.948. The van der Waals surface area contributed by atoms with Gasteiger partial charge >= 0.3 is 0 Å². The Kier molecular flexibility index (Phi) is 5.05. The molecule has 0 bridgehead atoms. The Morgan fingerprint density at radius 2 is 2.03 bits per heavy atom. The molecule has 2 N–H and O–H groups in total. The van der Waals surface area contributed by atoms with Gasteiger partial charge in [-0.1, -0.05) is 12.1 Å². The quantitative estimate of drug-likeness (QED) is 0.451. The lowest BCUT2D eigenvalue weighted by atomic mass is 10.1. The van der Waals surface area contributed by atoms with Crippen LogP contribution in [0, 0.1) is 4.77 Å². The van der Waals surface area contributed by atoms with Crippen LogP contribution in [-0.4, -0.2) is 22.3 Å². The highest BCUT2D eigenvalue weighted by molar-refractivity contribution is 7.71. The number of rotatable bonds is 5. The van der Waals surface area contributed by atoms with Crippen molar-refractivity contribution in [1.29, 1.82) is 0 Å². The molecule has 4 aromatic rings. The fourth-order valence-electron chi connectivity index (χ4n) is 3.44. The minimum Gasteiger partial charge on any atom is -0.454 e. The molecule has 0 saturated heterocycles. The number of hydrogen-bond acceptors (Lipinski definition) is 6. The lowest BCUT2D eigenvalue weighted by Gasteiger charge is -2.10. The number of fused-ring (bicyclic) bond motifs is 2. The summed E-state index contributed by atoms with van der Waals surface area (Å²) in [5.74, 6) is 1.13. The summed E-state index contributed by atoms with van der Waals surface area (Å²) < 4.78 is 12.5. The first-order chi connectivity index (χ1) is 15.1. The molecule has 0 atom stereocenters. The molecule has 0 saturated carbocycles. The van der Waals surface area contributed by atoms with Gasteiger partial charge in [0.2, 0.25) is 6.79 Å². The molecule has 1 amide bonds. The molecule has 31 heavy (non-hydrogen) atoms. The summed E-state index contributed by atoms with van der Waals surface area (Å²) in [7, 11) is 0. The summed E-state index contributed by atoms with van der Waals surface area (Å²) in [6, 6.07) is 14.4. The Hall–Kier alpha value is -3.43. The lowest BCUT2D eigenvalue weighted by Crippen LogP contribution is -2.24. The van der Waals surface area contributed by atoms with Crippen LogP contribution < -0.4 is 20.3 Å². The van der Waals surface area contributed by atoms with Crippen molar-refractivity contribution >= 4 is 40.4 Å². The highest BCUT2D eigenvalue weighted by atomic mass is 32.1. The molecule has 2 aromatic carbocycles. The normalized spacial score (nSPS) is 12.3. The number of carbonyl (C=O) groups is 1. The first-order valence-electron chi connectivity index (χ1n) is 9.54. The fourth-order valence-corrected chi connectivity index (χ4v) is 4.35. The van der Waals surface area contributed by atoms with E-state index in [0.29, 0.717) is 41.1 Å². The molecule has 156 valence electrons. The summed E-state index contributed by atoms with van der Waals surface area (Å²) >= 11 is 7.01. The van der Waals surface area contributed by atoms with Crippen LogP contribution in [0.1, 0.15) is 20.8 Å². The first kappa shape index (κ1) is 19.5. The number of nitrogens with zero attached hydrogens (tertiary/aromatic N) is 1. The molecular formula is C22H17N3O4S2. The Morgan fingerprint density at radius 1 is 1.16 bits per heavy atom. The predicted molar refractivity (Wildman–Crippen MR) is 121 cm³/mol. The number of aromatic nitrogens is 2. The largest absolute Gasteiger partial charge is 0.454 e. The third kappa shape index (κ3) is 3.85. The topological polar surface area (TPSA) is 85.3 Å². The molecule has 7 nitrogen and oxygen atoms in total. The van der Waals surface area contributed by atoms with Gasteiger partial charge in [-0.3, -0.25) is 14.2 Å². The van der Waals surface area contributed by atoms with E-state index in [4.69, 9.17) is 21.7 Å². The summed E-state index contributed by atoms with van der Waals surface area (Å²) in [6.07, 6.45) is 0. The number of nitrogens with one attached hydrogen (secondary N) is 2. The van der Waals surface area contributed by atoms with Gasteiger partial charge in [-0.25, -0.2) is 0 Å². The standard InChI is InChI=1S/C22H17N3O4S2/c26-20(23-10-15-2-1-7-31-15)14-4-5-16-17(9-14)24-22(30)25(21(16)27)11-13-3-6-18-19(8-13)29-12-28-18/h1-9H,10-12H2,(H,23,26)(H,24,30). The van der Waals surface area contributed by atoms with E-state index >= 15 is 0 Å². The molecule has 0 radical (unpaired) electrons. The Labute approximate surface area is 185 Å². The fraction of sp³-hybridized carbons (Fsp3) is 0.136. The second kappa shape index (κ2) is 8.01. The number of ether oxygens (including phenoxy) is 2. The maximum atomic E-state index is 13.1. The van der Waals surface area contributed by atoms with Crippen molar-refractivity contribution in [3.8, 4) is 11.5 Å². The van der Waals surface area contributed by atoms with Crippen molar-refractivity contribution in [3.63, 3.8) is 0 Å². The number of amides is 1. The number of benzene rings is 2. The third-order valence-corrected chi connectivity index (χ3v) is 6.22. The number of aromatic amines is 1. The van der Waals surface area contributed by atoms with Crippen LogP contribution in [0.4, 0.5) is 0 Å². The highest BCUT2D eigenvalue weighted by Gasteiger charge is 2.15. The van der Waals surface area contributed by atoms with Crippen molar-refractivity contribution in [2.75, 3.05) is 6.79 Å². The molecule has 3 heterocycles. The van der Waals surface area contributed by atoms with Gasteiger partial charge in [0.05, 0.1) is 24.0 Å². The van der Waals surface area contributed by atoms with Crippen LogP contribution in [0.3, 0.4) is 0 Å².